The molecule has 2 aromatic carbocycles. The van der Waals surface area contributed by atoms with Crippen LogP contribution in [0.5, 0.6) is 0 Å². The first-order valence-corrected chi connectivity index (χ1v) is 7.75. The maximum atomic E-state index is 12.9. The normalized spacial score (nSPS) is 11.1. The van der Waals surface area contributed by atoms with Crippen molar-refractivity contribution in [1.82, 2.24) is 4.57 Å². The number of rotatable bonds is 3. The number of hydrogen-bond donors (Lipinski definition) is 1. The Balaban J connectivity index is 2.68. The van der Waals surface area contributed by atoms with Crippen LogP contribution < -0.4 is 5.43 Å². The lowest BCUT2D eigenvalue weighted by atomic mass is 9.96. The van der Waals surface area contributed by atoms with E-state index in [1.54, 1.807) is 16.7 Å². The third-order valence-electron chi connectivity index (χ3n) is 4.31. The third-order valence-corrected chi connectivity index (χ3v) is 4.31. The average Bonchev–Trinajstić information content (AvgIpc) is 2.50. The number of fused-ring (bicyclic) bond motifs is 2. The van der Waals surface area contributed by atoms with E-state index >= 15 is 0 Å². The van der Waals surface area contributed by atoms with Gasteiger partial charge in [-0.25, -0.2) is 0 Å². The number of aliphatic carboxylic acids is 1. The first kappa shape index (κ1) is 16.0. The minimum Gasteiger partial charge on any atom is -0.480 e. The molecule has 4 heteroatoms. The lowest BCUT2D eigenvalue weighted by Crippen LogP contribution is -2.17. The number of allylic oxidation sites excluding steroid dienone is 1. The Labute approximate surface area is 139 Å². The van der Waals surface area contributed by atoms with Crippen molar-refractivity contribution in [1.29, 1.82) is 0 Å². The predicted octanol–water partition coefficient (Wildman–Crippen LogP) is 3.89. The van der Waals surface area contributed by atoms with Gasteiger partial charge in [-0.2, -0.15) is 0 Å². The van der Waals surface area contributed by atoms with Crippen LogP contribution in [0.4, 0.5) is 0 Å². The van der Waals surface area contributed by atoms with Crippen molar-refractivity contribution in [3.63, 3.8) is 0 Å². The van der Waals surface area contributed by atoms with Crippen LogP contribution in [0.1, 0.15) is 23.6 Å². The standard InChI is InChI=1S/C20H19NO3/c1-11(2)18-13(4)6-8-15-19(18)21(10-17(22)23)16-9-12(3)5-7-14(16)20(15)24/h5-9H,1,10H2,2-4H3,(H,22,23). The highest BCUT2D eigenvalue weighted by Crippen LogP contribution is 2.29. The highest BCUT2D eigenvalue weighted by molar-refractivity contribution is 6.00. The topological polar surface area (TPSA) is 59.3 Å². The zero-order chi connectivity index (χ0) is 17.6. The second-order valence-corrected chi connectivity index (χ2v) is 6.26. The van der Waals surface area contributed by atoms with Crippen LogP contribution in [0, 0.1) is 13.8 Å². The van der Waals surface area contributed by atoms with Crippen LogP contribution in [0.2, 0.25) is 0 Å². The predicted molar refractivity (Wildman–Crippen MR) is 97.5 cm³/mol. The summed E-state index contributed by atoms with van der Waals surface area (Å²) in [6.07, 6.45) is 0. The molecule has 0 atom stereocenters. The van der Waals surface area contributed by atoms with Gasteiger partial charge < -0.3 is 9.67 Å². The molecule has 3 rings (SSSR count). The molecule has 0 radical (unpaired) electrons. The summed E-state index contributed by atoms with van der Waals surface area (Å²) >= 11 is 0. The van der Waals surface area contributed by atoms with E-state index in [9.17, 15) is 14.7 Å². The summed E-state index contributed by atoms with van der Waals surface area (Å²) in [6.45, 7) is 9.56. The molecule has 0 aliphatic rings. The molecule has 0 aliphatic carbocycles. The molecule has 0 saturated carbocycles. The lowest BCUT2D eigenvalue weighted by molar-refractivity contribution is -0.137. The van der Waals surface area contributed by atoms with Gasteiger partial charge in [0.05, 0.1) is 11.0 Å². The fourth-order valence-corrected chi connectivity index (χ4v) is 3.32. The van der Waals surface area contributed by atoms with Crippen molar-refractivity contribution in [3.8, 4) is 0 Å². The van der Waals surface area contributed by atoms with Gasteiger partial charge in [0.25, 0.3) is 0 Å². The molecule has 122 valence electrons. The van der Waals surface area contributed by atoms with Crippen molar-refractivity contribution in [2.45, 2.75) is 27.3 Å². The van der Waals surface area contributed by atoms with Gasteiger partial charge in [-0.15, -0.1) is 0 Å². The first-order valence-electron chi connectivity index (χ1n) is 7.75. The number of hydrogen-bond acceptors (Lipinski definition) is 2. The fourth-order valence-electron chi connectivity index (χ4n) is 3.32. The van der Waals surface area contributed by atoms with Crippen LogP contribution >= 0.6 is 0 Å². The molecular formula is C20H19NO3. The minimum absolute atomic E-state index is 0.0795. The SMILES string of the molecule is C=C(C)c1c(C)ccc2c(=O)c3ccc(C)cc3n(CC(=O)O)c12. The van der Waals surface area contributed by atoms with Crippen LogP contribution in [-0.4, -0.2) is 15.6 Å². The number of carboxylic acids is 1. The summed E-state index contributed by atoms with van der Waals surface area (Å²) in [6, 6.07) is 9.17. The van der Waals surface area contributed by atoms with Crippen LogP contribution in [0.25, 0.3) is 27.4 Å². The van der Waals surface area contributed by atoms with Gasteiger partial charge in [0.2, 0.25) is 0 Å². The smallest absolute Gasteiger partial charge is 0.323 e. The monoisotopic (exact) mass is 321 g/mol. The van der Waals surface area contributed by atoms with Gasteiger partial charge in [0.15, 0.2) is 5.43 Å². The summed E-state index contributed by atoms with van der Waals surface area (Å²) in [5.41, 5.74) is 4.81. The molecule has 0 unspecified atom stereocenters. The number of carbonyl (C=O) groups is 1. The van der Waals surface area contributed by atoms with E-state index in [2.05, 4.69) is 6.58 Å². The maximum absolute atomic E-state index is 12.9. The number of aromatic nitrogens is 1. The number of pyridine rings is 1. The number of benzene rings is 2. The van der Waals surface area contributed by atoms with E-state index in [0.717, 1.165) is 22.3 Å². The largest absolute Gasteiger partial charge is 0.480 e. The van der Waals surface area contributed by atoms with Crippen LogP contribution in [-0.2, 0) is 11.3 Å². The number of nitrogens with zero attached hydrogens (tertiary/aromatic N) is 1. The van der Waals surface area contributed by atoms with Gasteiger partial charge in [0.1, 0.15) is 6.54 Å². The molecule has 1 aromatic heterocycles. The molecule has 0 bridgehead atoms. The quantitative estimate of drug-likeness (QED) is 0.745. The van der Waals surface area contributed by atoms with E-state index in [1.807, 2.05) is 39.0 Å². The van der Waals surface area contributed by atoms with Gasteiger partial charge in [-0.1, -0.05) is 18.7 Å². The highest BCUT2D eigenvalue weighted by atomic mass is 16.4. The first-order chi connectivity index (χ1) is 11.3. The lowest BCUT2D eigenvalue weighted by Gasteiger charge is -2.18. The minimum atomic E-state index is -0.947. The maximum Gasteiger partial charge on any atom is 0.323 e. The van der Waals surface area contributed by atoms with Gasteiger partial charge in [0, 0.05) is 16.3 Å². The number of aryl methyl sites for hydroxylation is 2. The highest BCUT2D eigenvalue weighted by Gasteiger charge is 2.17. The van der Waals surface area contributed by atoms with Crippen molar-refractivity contribution in [2.24, 2.45) is 0 Å². The van der Waals surface area contributed by atoms with Gasteiger partial charge in [-0.05, 0) is 55.7 Å². The summed E-state index contributed by atoms with van der Waals surface area (Å²) < 4.78 is 1.72. The molecule has 3 aromatic rings. The van der Waals surface area contributed by atoms with E-state index < -0.39 is 5.97 Å². The third kappa shape index (κ3) is 2.40. The Kier molecular flexibility index (Phi) is 3.76. The van der Waals surface area contributed by atoms with Gasteiger partial charge in [-0.3, -0.25) is 9.59 Å². The Bertz CT molecular complexity index is 1070. The fraction of sp³-hybridized carbons (Fsp3) is 0.200. The molecule has 4 nitrogen and oxygen atoms in total. The van der Waals surface area contributed by atoms with E-state index in [0.29, 0.717) is 21.8 Å². The summed E-state index contributed by atoms with van der Waals surface area (Å²) in [4.78, 5) is 24.4. The van der Waals surface area contributed by atoms with Crippen molar-refractivity contribution < 1.29 is 9.90 Å². The number of carboxylic acid groups (broad SMARTS) is 1. The Morgan fingerprint density at radius 2 is 1.83 bits per heavy atom. The Morgan fingerprint density at radius 1 is 1.17 bits per heavy atom. The van der Waals surface area contributed by atoms with Gasteiger partial charge >= 0.3 is 5.97 Å². The zero-order valence-corrected chi connectivity index (χ0v) is 14.0. The van der Waals surface area contributed by atoms with Crippen LogP contribution in [0.3, 0.4) is 0 Å². The molecule has 1 N–H and O–H groups in total. The molecule has 24 heavy (non-hydrogen) atoms. The second-order valence-electron chi connectivity index (χ2n) is 6.26. The summed E-state index contributed by atoms with van der Waals surface area (Å²) in [5.74, 6) is -0.947. The van der Waals surface area contributed by atoms with Crippen molar-refractivity contribution in [2.75, 3.05) is 0 Å². The van der Waals surface area contributed by atoms with Crippen LogP contribution in [0.15, 0.2) is 41.7 Å². The molecule has 0 fully saturated rings. The Hall–Kier alpha value is -2.88. The summed E-state index contributed by atoms with van der Waals surface area (Å²) in [5, 5.41) is 10.5. The van der Waals surface area contributed by atoms with E-state index in [4.69, 9.17) is 0 Å². The molecule has 0 aliphatic heterocycles. The molecule has 0 saturated heterocycles. The molecule has 0 spiro atoms. The van der Waals surface area contributed by atoms with E-state index in [-0.39, 0.29) is 12.0 Å². The summed E-state index contributed by atoms with van der Waals surface area (Å²) in [7, 11) is 0. The van der Waals surface area contributed by atoms with Crippen molar-refractivity contribution >= 4 is 33.3 Å². The van der Waals surface area contributed by atoms with Crippen molar-refractivity contribution in [3.05, 3.63) is 63.8 Å². The molecule has 0 amide bonds. The Morgan fingerprint density at radius 3 is 2.46 bits per heavy atom. The molecular weight excluding hydrogens is 302 g/mol. The van der Waals surface area contributed by atoms with E-state index in [1.165, 1.54) is 0 Å². The average molecular weight is 321 g/mol. The second kappa shape index (κ2) is 5.64. The molecule has 1 heterocycles. The zero-order valence-electron chi connectivity index (χ0n) is 14.0.